The van der Waals surface area contributed by atoms with Crippen LogP contribution in [-0.2, 0) is 24.0 Å². The van der Waals surface area contributed by atoms with Gasteiger partial charge in [0.15, 0.2) is 9.84 Å². The van der Waals surface area contributed by atoms with E-state index < -0.39 is 26.7 Å². The molecular formula is C22H28FN3O7S. The molecule has 186 valence electrons. The molecule has 34 heavy (non-hydrogen) atoms. The van der Waals surface area contributed by atoms with Crippen LogP contribution in [0.2, 0.25) is 0 Å². The van der Waals surface area contributed by atoms with Gasteiger partial charge in [-0.05, 0) is 39.0 Å². The third kappa shape index (κ3) is 5.23. The molecule has 3 heterocycles. The first-order valence-corrected chi connectivity index (χ1v) is 12.9. The molecule has 12 heteroatoms. The Balaban J connectivity index is 1.44. The Labute approximate surface area is 197 Å². The largest absolute Gasteiger partial charge is 0.447 e. The van der Waals surface area contributed by atoms with Gasteiger partial charge >= 0.3 is 6.09 Å². The Bertz CT molecular complexity index is 1140. The normalized spacial score (nSPS) is 23.7. The smallest absolute Gasteiger partial charge is 0.410 e. The van der Waals surface area contributed by atoms with Crippen molar-refractivity contribution >= 4 is 15.9 Å². The van der Waals surface area contributed by atoms with E-state index in [1.54, 1.807) is 11.8 Å². The van der Waals surface area contributed by atoms with E-state index in [0.717, 1.165) is 12.3 Å². The highest BCUT2D eigenvalue weighted by atomic mass is 32.2. The minimum Gasteiger partial charge on any atom is -0.447 e. The molecule has 4 rings (SSSR count). The maximum absolute atomic E-state index is 14.3. The fourth-order valence-corrected chi connectivity index (χ4v) is 5.03. The molecule has 3 atom stereocenters. The number of aromatic nitrogens is 2. The van der Waals surface area contributed by atoms with Gasteiger partial charge < -0.3 is 23.6 Å². The molecule has 2 saturated heterocycles. The Morgan fingerprint density at radius 1 is 1.21 bits per heavy atom. The Morgan fingerprint density at radius 2 is 1.88 bits per heavy atom. The van der Waals surface area contributed by atoms with Crippen LogP contribution in [0, 0.1) is 17.7 Å². The summed E-state index contributed by atoms with van der Waals surface area (Å²) in [6.07, 6.45) is -0.318. The topological polar surface area (TPSA) is 121 Å². The lowest BCUT2D eigenvalue weighted by Gasteiger charge is -2.46. The van der Waals surface area contributed by atoms with E-state index in [0.29, 0.717) is 26.3 Å². The first-order chi connectivity index (χ1) is 16.0. The third-order valence-corrected chi connectivity index (χ3v) is 6.97. The van der Waals surface area contributed by atoms with E-state index in [1.807, 2.05) is 13.8 Å². The van der Waals surface area contributed by atoms with E-state index in [1.165, 1.54) is 12.1 Å². The minimum absolute atomic E-state index is 0.0327. The monoisotopic (exact) mass is 497 g/mol. The van der Waals surface area contributed by atoms with Gasteiger partial charge in [0, 0.05) is 36.7 Å². The van der Waals surface area contributed by atoms with Gasteiger partial charge in [-0.3, -0.25) is 0 Å². The molecule has 2 aliphatic rings. The molecule has 10 nitrogen and oxygen atoms in total. The lowest BCUT2D eigenvalue weighted by Crippen LogP contribution is -2.58. The van der Waals surface area contributed by atoms with Crippen molar-refractivity contribution in [3.8, 4) is 11.4 Å². The summed E-state index contributed by atoms with van der Waals surface area (Å²) in [5.74, 6) is -0.613. The summed E-state index contributed by atoms with van der Waals surface area (Å²) in [6.45, 7) is 7.24. The molecule has 1 amide bonds. The van der Waals surface area contributed by atoms with Gasteiger partial charge in [0.1, 0.15) is 16.8 Å². The number of hydrogen-bond donors (Lipinski definition) is 0. The summed E-state index contributed by atoms with van der Waals surface area (Å²) in [4.78, 5) is 18.0. The first-order valence-electron chi connectivity index (χ1n) is 11.0. The van der Waals surface area contributed by atoms with E-state index in [-0.39, 0.29) is 47.4 Å². The fraction of sp³-hybridized carbons (Fsp3) is 0.591. The molecule has 2 aliphatic heterocycles. The SMILES string of the molecule is CC(C)OC(=O)N1CC2COCC(C1)C2O[C@@H](C)c1nc(-c2ccc(S(C)(=O)=O)c(F)c2)no1. The van der Waals surface area contributed by atoms with Gasteiger partial charge in [0.2, 0.25) is 5.82 Å². The summed E-state index contributed by atoms with van der Waals surface area (Å²) in [6, 6.07) is 3.66. The van der Waals surface area contributed by atoms with Crippen molar-refractivity contribution in [2.75, 3.05) is 32.6 Å². The molecular weight excluding hydrogens is 469 g/mol. The zero-order valence-electron chi connectivity index (χ0n) is 19.4. The standard InChI is InChI=1S/C22H28FN3O7S/c1-12(2)31-22(27)26-8-15-10-30-11-16(9-26)19(15)32-13(3)21-24-20(25-33-21)14-5-6-18(17(23)7-14)34(4,28)29/h5-7,12-13,15-16,19H,8-11H2,1-4H3/t13-,15?,16?,19?/m0/s1. The van der Waals surface area contributed by atoms with Crippen molar-refractivity contribution in [3.05, 3.63) is 29.9 Å². The lowest BCUT2D eigenvalue weighted by atomic mass is 9.84. The maximum Gasteiger partial charge on any atom is 0.410 e. The average molecular weight is 498 g/mol. The van der Waals surface area contributed by atoms with Crippen LogP contribution in [0.1, 0.15) is 32.8 Å². The summed E-state index contributed by atoms with van der Waals surface area (Å²) >= 11 is 0. The quantitative estimate of drug-likeness (QED) is 0.593. The van der Waals surface area contributed by atoms with Crippen molar-refractivity contribution in [2.24, 2.45) is 11.8 Å². The highest BCUT2D eigenvalue weighted by molar-refractivity contribution is 7.90. The molecule has 2 bridgehead atoms. The number of benzene rings is 1. The zero-order valence-corrected chi connectivity index (χ0v) is 20.2. The molecule has 0 N–H and O–H groups in total. The lowest BCUT2D eigenvalue weighted by molar-refractivity contribution is -0.167. The van der Waals surface area contributed by atoms with Crippen molar-refractivity contribution in [1.29, 1.82) is 0 Å². The summed E-state index contributed by atoms with van der Waals surface area (Å²) < 4.78 is 60.1. The molecule has 0 spiro atoms. The zero-order chi connectivity index (χ0) is 24.6. The van der Waals surface area contributed by atoms with Gasteiger partial charge in [0.25, 0.3) is 5.89 Å². The van der Waals surface area contributed by atoms with E-state index in [2.05, 4.69) is 10.1 Å². The molecule has 1 aromatic carbocycles. The number of ether oxygens (including phenoxy) is 3. The predicted octanol–water partition coefficient (Wildman–Crippen LogP) is 2.85. The Kier molecular flexibility index (Phi) is 6.92. The molecule has 2 aromatic rings. The number of sulfone groups is 1. The number of carbonyl (C=O) groups excluding carboxylic acids is 1. The second-order valence-electron chi connectivity index (χ2n) is 9.01. The molecule has 0 radical (unpaired) electrons. The number of rotatable bonds is 6. The van der Waals surface area contributed by atoms with Crippen molar-refractivity contribution in [3.63, 3.8) is 0 Å². The number of hydrogen-bond acceptors (Lipinski definition) is 9. The maximum atomic E-state index is 14.3. The third-order valence-electron chi connectivity index (χ3n) is 5.84. The molecule has 1 aromatic heterocycles. The minimum atomic E-state index is -3.68. The van der Waals surface area contributed by atoms with Crippen molar-refractivity contribution in [2.45, 2.75) is 44.0 Å². The number of likely N-dealkylation sites (tertiary alicyclic amines) is 1. The summed E-state index contributed by atoms with van der Waals surface area (Å²) in [5, 5.41) is 3.89. The van der Waals surface area contributed by atoms with Crippen LogP contribution >= 0.6 is 0 Å². The fourth-order valence-electron chi connectivity index (χ4n) is 4.30. The van der Waals surface area contributed by atoms with Crippen molar-refractivity contribution in [1.82, 2.24) is 15.0 Å². The van der Waals surface area contributed by atoms with Crippen LogP contribution in [0.15, 0.2) is 27.6 Å². The van der Waals surface area contributed by atoms with Crippen LogP contribution in [-0.4, -0.2) is 74.3 Å². The number of piperidine rings is 1. The van der Waals surface area contributed by atoms with Crippen LogP contribution in [0.4, 0.5) is 9.18 Å². The van der Waals surface area contributed by atoms with Gasteiger partial charge in [0.05, 0.1) is 25.4 Å². The second-order valence-corrected chi connectivity index (χ2v) is 11.0. The number of amides is 1. The Hall–Kier alpha value is -2.57. The van der Waals surface area contributed by atoms with Gasteiger partial charge in [-0.15, -0.1) is 0 Å². The van der Waals surface area contributed by atoms with Gasteiger partial charge in [-0.25, -0.2) is 17.6 Å². The number of fused-ring (bicyclic) bond motifs is 2. The van der Waals surface area contributed by atoms with Gasteiger partial charge in [-0.2, -0.15) is 4.98 Å². The molecule has 0 saturated carbocycles. The summed E-state index contributed by atoms with van der Waals surface area (Å²) in [7, 11) is -3.68. The average Bonchev–Trinajstić information content (AvgIpc) is 3.22. The number of carbonyl (C=O) groups is 1. The van der Waals surface area contributed by atoms with Crippen LogP contribution in [0.3, 0.4) is 0 Å². The Morgan fingerprint density at radius 3 is 2.47 bits per heavy atom. The second kappa shape index (κ2) is 9.59. The summed E-state index contributed by atoms with van der Waals surface area (Å²) in [5.41, 5.74) is 0.286. The van der Waals surface area contributed by atoms with Crippen LogP contribution < -0.4 is 0 Å². The molecule has 2 fully saturated rings. The van der Waals surface area contributed by atoms with E-state index >= 15 is 0 Å². The van der Waals surface area contributed by atoms with E-state index in [4.69, 9.17) is 18.7 Å². The van der Waals surface area contributed by atoms with Crippen LogP contribution in [0.25, 0.3) is 11.4 Å². The van der Waals surface area contributed by atoms with E-state index in [9.17, 15) is 17.6 Å². The number of halogens is 1. The van der Waals surface area contributed by atoms with Crippen molar-refractivity contribution < 1.29 is 36.3 Å². The molecule has 2 unspecified atom stereocenters. The highest BCUT2D eigenvalue weighted by Gasteiger charge is 2.44. The van der Waals surface area contributed by atoms with Crippen LogP contribution in [0.5, 0.6) is 0 Å². The first kappa shape index (κ1) is 24.6. The number of nitrogens with zero attached hydrogens (tertiary/aromatic N) is 3. The molecule has 0 aliphatic carbocycles. The highest BCUT2D eigenvalue weighted by Crippen LogP contribution is 2.34. The predicted molar refractivity (Wildman–Crippen MR) is 117 cm³/mol. The van der Waals surface area contributed by atoms with Gasteiger partial charge in [-0.1, -0.05) is 5.16 Å².